The van der Waals surface area contributed by atoms with E-state index in [9.17, 15) is 14.7 Å². The van der Waals surface area contributed by atoms with Crippen LogP contribution in [0.5, 0.6) is 0 Å². The van der Waals surface area contributed by atoms with Crippen LogP contribution in [0.2, 0.25) is 0 Å². The second-order valence-corrected chi connectivity index (χ2v) is 6.84. The van der Waals surface area contributed by atoms with Crippen molar-refractivity contribution in [3.8, 4) is 0 Å². The van der Waals surface area contributed by atoms with Crippen molar-refractivity contribution in [1.29, 1.82) is 0 Å². The molecule has 4 nitrogen and oxygen atoms in total. The highest BCUT2D eigenvalue weighted by molar-refractivity contribution is 5.89. The zero-order valence-electron chi connectivity index (χ0n) is 17.2. The summed E-state index contributed by atoms with van der Waals surface area (Å²) in [5.74, 6) is -0.592. The highest BCUT2D eigenvalue weighted by Crippen LogP contribution is 2.06. The molecule has 0 aromatic rings. The SMILES string of the molecule is CCCCC/C=C\C/C=C\CCCCC/C=C/C(=O)C[C@@H](O)COC(C)=O. The van der Waals surface area contributed by atoms with E-state index in [1.54, 1.807) is 0 Å². The van der Waals surface area contributed by atoms with E-state index in [2.05, 4.69) is 36.0 Å². The minimum Gasteiger partial charge on any atom is -0.463 e. The van der Waals surface area contributed by atoms with E-state index in [0.29, 0.717) is 0 Å². The summed E-state index contributed by atoms with van der Waals surface area (Å²) in [7, 11) is 0. The molecule has 0 aromatic heterocycles. The first kappa shape index (κ1) is 25.3. The van der Waals surface area contributed by atoms with Crippen molar-refractivity contribution in [3.63, 3.8) is 0 Å². The van der Waals surface area contributed by atoms with Crippen molar-refractivity contribution in [1.82, 2.24) is 0 Å². The number of carbonyl (C=O) groups is 2. The van der Waals surface area contributed by atoms with Crippen LogP contribution in [0.4, 0.5) is 0 Å². The van der Waals surface area contributed by atoms with Crippen LogP contribution in [0, 0.1) is 0 Å². The lowest BCUT2D eigenvalue weighted by Crippen LogP contribution is -2.20. The van der Waals surface area contributed by atoms with Gasteiger partial charge in [0.25, 0.3) is 0 Å². The maximum atomic E-state index is 11.6. The number of aliphatic hydroxyl groups excluding tert-OH is 1. The van der Waals surface area contributed by atoms with Crippen LogP contribution in [-0.4, -0.2) is 29.6 Å². The van der Waals surface area contributed by atoms with Gasteiger partial charge in [-0.05, 0) is 51.0 Å². The third kappa shape index (κ3) is 20.5. The number of unbranched alkanes of at least 4 members (excludes halogenated alkanes) is 7. The number of aliphatic hydroxyl groups is 1. The molecule has 0 rings (SSSR count). The average Bonchev–Trinajstić information content (AvgIpc) is 2.63. The molecule has 0 spiro atoms. The Bertz CT molecular complexity index is 463. The van der Waals surface area contributed by atoms with E-state index in [-0.39, 0.29) is 18.8 Å². The fourth-order valence-electron chi connectivity index (χ4n) is 2.51. The maximum absolute atomic E-state index is 11.6. The number of hydrogen-bond donors (Lipinski definition) is 1. The van der Waals surface area contributed by atoms with Crippen molar-refractivity contribution in [2.45, 2.75) is 90.6 Å². The van der Waals surface area contributed by atoms with Crippen molar-refractivity contribution in [2.75, 3.05) is 6.61 Å². The lowest BCUT2D eigenvalue weighted by molar-refractivity contribution is -0.144. The zero-order chi connectivity index (χ0) is 20.2. The van der Waals surface area contributed by atoms with Crippen LogP contribution in [0.1, 0.15) is 84.5 Å². The zero-order valence-corrected chi connectivity index (χ0v) is 17.2. The van der Waals surface area contributed by atoms with Crippen LogP contribution in [0.15, 0.2) is 36.5 Å². The molecule has 0 bridgehead atoms. The van der Waals surface area contributed by atoms with E-state index in [1.165, 1.54) is 45.1 Å². The van der Waals surface area contributed by atoms with E-state index in [1.807, 2.05) is 6.08 Å². The number of allylic oxidation sites excluding steroid dienone is 6. The smallest absolute Gasteiger partial charge is 0.302 e. The molecule has 0 unspecified atom stereocenters. The predicted molar refractivity (Wildman–Crippen MR) is 112 cm³/mol. The van der Waals surface area contributed by atoms with Gasteiger partial charge in [0.15, 0.2) is 5.78 Å². The molecule has 0 saturated carbocycles. The number of carbonyl (C=O) groups excluding carboxylic acids is 2. The van der Waals surface area contributed by atoms with Gasteiger partial charge < -0.3 is 9.84 Å². The molecule has 4 heteroatoms. The summed E-state index contributed by atoms with van der Waals surface area (Å²) < 4.78 is 4.66. The monoisotopic (exact) mass is 378 g/mol. The highest BCUT2D eigenvalue weighted by atomic mass is 16.5. The first-order chi connectivity index (χ1) is 13.1. The summed E-state index contributed by atoms with van der Waals surface area (Å²) in [5, 5.41) is 9.55. The first-order valence-electron chi connectivity index (χ1n) is 10.4. The Kier molecular flexibility index (Phi) is 17.9. The molecule has 0 aliphatic heterocycles. The number of rotatable bonds is 17. The number of esters is 1. The molecule has 154 valence electrons. The van der Waals surface area contributed by atoms with Crippen LogP contribution in [-0.2, 0) is 14.3 Å². The fourth-order valence-corrected chi connectivity index (χ4v) is 2.51. The second-order valence-electron chi connectivity index (χ2n) is 6.84. The summed E-state index contributed by atoms with van der Waals surface area (Å²) in [4.78, 5) is 22.3. The van der Waals surface area contributed by atoms with Gasteiger partial charge in [-0.3, -0.25) is 9.59 Å². The van der Waals surface area contributed by atoms with Crippen molar-refractivity contribution < 1.29 is 19.4 Å². The molecule has 0 heterocycles. The molecule has 0 aliphatic carbocycles. The van der Waals surface area contributed by atoms with Gasteiger partial charge in [-0.1, -0.05) is 56.6 Å². The van der Waals surface area contributed by atoms with Gasteiger partial charge in [-0.15, -0.1) is 0 Å². The number of ketones is 1. The van der Waals surface area contributed by atoms with E-state index >= 15 is 0 Å². The summed E-state index contributed by atoms with van der Waals surface area (Å²) in [6.07, 6.45) is 22.9. The second kappa shape index (κ2) is 19.1. The summed E-state index contributed by atoms with van der Waals surface area (Å²) in [5.41, 5.74) is 0. The van der Waals surface area contributed by atoms with E-state index in [4.69, 9.17) is 0 Å². The molecule has 0 saturated heterocycles. The lowest BCUT2D eigenvalue weighted by atomic mass is 10.1. The Hall–Kier alpha value is -1.68. The Morgan fingerprint density at radius 2 is 1.48 bits per heavy atom. The van der Waals surface area contributed by atoms with Crippen molar-refractivity contribution >= 4 is 11.8 Å². The third-order valence-electron chi connectivity index (χ3n) is 4.04. The van der Waals surface area contributed by atoms with Gasteiger partial charge in [0.2, 0.25) is 0 Å². The fraction of sp³-hybridized carbons (Fsp3) is 0.652. The van der Waals surface area contributed by atoms with Crippen LogP contribution in [0.25, 0.3) is 0 Å². The minimum absolute atomic E-state index is 0.0123. The normalized spacial score (nSPS) is 13.0. The van der Waals surface area contributed by atoms with Gasteiger partial charge in [0.1, 0.15) is 6.61 Å². The molecule has 0 radical (unpaired) electrons. The standard InChI is InChI=1S/C23H38O4/c1-3-4-5-6-7-8-9-10-11-12-13-14-15-16-17-18-22(25)19-23(26)20-27-21(2)24/h7-8,10-11,17-18,23,26H,3-6,9,12-16,19-20H2,1-2H3/b8-7-,11-10-,18-17+/t23-/m1/s1. The van der Waals surface area contributed by atoms with Crippen LogP contribution in [0.3, 0.4) is 0 Å². The van der Waals surface area contributed by atoms with Gasteiger partial charge in [-0.2, -0.15) is 0 Å². The van der Waals surface area contributed by atoms with Gasteiger partial charge in [0, 0.05) is 13.3 Å². The van der Waals surface area contributed by atoms with Gasteiger partial charge in [-0.25, -0.2) is 0 Å². The maximum Gasteiger partial charge on any atom is 0.302 e. The largest absolute Gasteiger partial charge is 0.463 e. The molecule has 0 fully saturated rings. The average molecular weight is 379 g/mol. The van der Waals surface area contributed by atoms with Gasteiger partial charge in [0.05, 0.1) is 6.10 Å². The van der Waals surface area contributed by atoms with E-state index in [0.717, 1.165) is 32.1 Å². The molecule has 1 N–H and O–H groups in total. The Morgan fingerprint density at radius 1 is 0.889 bits per heavy atom. The summed E-state index contributed by atoms with van der Waals surface area (Å²) >= 11 is 0. The van der Waals surface area contributed by atoms with E-state index < -0.39 is 12.1 Å². The number of ether oxygens (including phenoxy) is 1. The summed E-state index contributed by atoms with van der Waals surface area (Å²) in [6, 6.07) is 0. The summed E-state index contributed by atoms with van der Waals surface area (Å²) in [6.45, 7) is 3.37. The predicted octanol–water partition coefficient (Wildman–Crippen LogP) is 5.46. The molecule has 0 aliphatic rings. The molecular weight excluding hydrogens is 340 g/mol. The Morgan fingerprint density at radius 3 is 2.07 bits per heavy atom. The molecule has 0 aromatic carbocycles. The van der Waals surface area contributed by atoms with Crippen molar-refractivity contribution in [2.24, 2.45) is 0 Å². The molecule has 0 amide bonds. The first-order valence-corrected chi connectivity index (χ1v) is 10.4. The Labute approximate surface area is 165 Å². The third-order valence-corrected chi connectivity index (χ3v) is 4.04. The van der Waals surface area contributed by atoms with Crippen LogP contribution < -0.4 is 0 Å². The topological polar surface area (TPSA) is 63.6 Å². The lowest BCUT2D eigenvalue weighted by Gasteiger charge is -2.07. The number of hydrogen-bond acceptors (Lipinski definition) is 4. The minimum atomic E-state index is -0.927. The highest BCUT2D eigenvalue weighted by Gasteiger charge is 2.09. The van der Waals surface area contributed by atoms with Gasteiger partial charge >= 0.3 is 5.97 Å². The van der Waals surface area contributed by atoms with Crippen LogP contribution >= 0.6 is 0 Å². The van der Waals surface area contributed by atoms with Crippen molar-refractivity contribution in [3.05, 3.63) is 36.5 Å². The molecule has 27 heavy (non-hydrogen) atoms. The molecular formula is C23H38O4. The molecule has 1 atom stereocenters. The quantitative estimate of drug-likeness (QED) is 0.158. The Balaban J connectivity index is 3.52.